The molecule has 3 rings (SSSR count). The molecular formula is C17H20N2O3S. The van der Waals surface area contributed by atoms with Crippen LogP contribution in [0.3, 0.4) is 0 Å². The Bertz CT molecular complexity index is 648. The first-order valence-electron chi connectivity index (χ1n) is 7.59. The number of hydrogen-bond acceptors (Lipinski definition) is 5. The Balaban J connectivity index is 1.57. The van der Waals surface area contributed by atoms with Gasteiger partial charge in [-0.25, -0.2) is 0 Å². The van der Waals surface area contributed by atoms with E-state index in [1.165, 1.54) is 4.88 Å². The van der Waals surface area contributed by atoms with Crippen molar-refractivity contribution >= 4 is 17.2 Å². The zero-order chi connectivity index (χ0) is 16.1. The zero-order valence-electron chi connectivity index (χ0n) is 13.0. The Morgan fingerprint density at radius 2 is 2.17 bits per heavy atom. The Labute approximate surface area is 139 Å². The van der Waals surface area contributed by atoms with E-state index in [0.717, 1.165) is 22.7 Å². The third-order valence-electron chi connectivity index (χ3n) is 3.69. The lowest BCUT2D eigenvalue weighted by atomic mass is 10.2. The molecule has 0 bridgehead atoms. The highest BCUT2D eigenvalue weighted by molar-refractivity contribution is 7.15. The van der Waals surface area contributed by atoms with Crippen molar-refractivity contribution in [2.45, 2.75) is 12.6 Å². The summed E-state index contributed by atoms with van der Waals surface area (Å²) in [4.78, 5) is 14.3. The molecule has 0 radical (unpaired) electrons. The number of carbonyl (C=O) groups excluding carboxylic acids is 1. The van der Waals surface area contributed by atoms with E-state index in [1.807, 2.05) is 30.3 Å². The van der Waals surface area contributed by atoms with E-state index in [2.05, 4.69) is 16.7 Å². The lowest BCUT2D eigenvalue weighted by Gasteiger charge is -2.22. The van der Waals surface area contributed by atoms with Crippen LogP contribution in [0.4, 0.5) is 0 Å². The van der Waals surface area contributed by atoms with Gasteiger partial charge in [-0.05, 0) is 42.0 Å². The second-order valence-electron chi connectivity index (χ2n) is 5.28. The van der Waals surface area contributed by atoms with E-state index in [4.69, 9.17) is 9.47 Å². The minimum Gasteiger partial charge on any atom is -0.497 e. The summed E-state index contributed by atoms with van der Waals surface area (Å²) < 4.78 is 10.6. The maximum absolute atomic E-state index is 12.0. The summed E-state index contributed by atoms with van der Waals surface area (Å²) in [5.74, 6) is 0.787. The van der Waals surface area contributed by atoms with Gasteiger partial charge in [-0.3, -0.25) is 4.79 Å². The van der Waals surface area contributed by atoms with E-state index in [1.54, 1.807) is 18.4 Å². The van der Waals surface area contributed by atoms with Crippen LogP contribution < -0.4 is 15.4 Å². The normalized spacial score (nSPS) is 17.7. The molecule has 2 heterocycles. The van der Waals surface area contributed by atoms with Crippen molar-refractivity contribution in [1.29, 1.82) is 0 Å². The summed E-state index contributed by atoms with van der Waals surface area (Å²) in [6, 6.07) is 12.1. The molecule has 5 nitrogen and oxygen atoms in total. The van der Waals surface area contributed by atoms with Crippen LogP contribution in [0.2, 0.25) is 0 Å². The van der Waals surface area contributed by atoms with Gasteiger partial charge >= 0.3 is 0 Å². The van der Waals surface area contributed by atoms with Crippen molar-refractivity contribution in [1.82, 2.24) is 10.6 Å². The van der Waals surface area contributed by atoms with Crippen molar-refractivity contribution in [3.63, 3.8) is 0 Å². The molecule has 0 aliphatic carbocycles. The lowest BCUT2D eigenvalue weighted by molar-refractivity contribution is -0.134. The van der Waals surface area contributed by atoms with Gasteiger partial charge in [0.2, 0.25) is 0 Å². The molecule has 0 spiro atoms. The smallest absolute Gasteiger partial charge is 0.250 e. The number of thiophene rings is 1. The predicted octanol–water partition coefficient (Wildman–Crippen LogP) is 2.03. The molecule has 2 N–H and O–H groups in total. The highest BCUT2D eigenvalue weighted by Gasteiger charge is 2.21. The maximum atomic E-state index is 12.0. The summed E-state index contributed by atoms with van der Waals surface area (Å²) in [6.07, 6.45) is -0.384. The Morgan fingerprint density at radius 1 is 1.35 bits per heavy atom. The minimum atomic E-state index is -0.384. The summed E-state index contributed by atoms with van der Waals surface area (Å²) in [5, 5.41) is 6.09. The number of benzene rings is 1. The molecule has 0 saturated carbocycles. The van der Waals surface area contributed by atoms with Crippen LogP contribution in [0.5, 0.6) is 5.75 Å². The van der Waals surface area contributed by atoms with Gasteiger partial charge in [0, 0.05) is 22.8 Å². The number of carbonyl (C=O) groups is 1. The van der Waals surface area contributed by atoms with Crippen molar-refractivity contribution in [3.8, 4) is 16.2 Å². The number of methoxy groups -OCH3 is 1. The molecule has 1 fully saturated rings. The van der Waals surface area contributed by atoms with Gasteiger partial charge in [0.05, 0.1) is 20.3 Å². The number of amides is 1. The van der Waals surface area contributed by atoms with E-state index >= 15 is 0 Å². The van der Waals surface area contributed by atoms with Crippen LogP contribution in [0.15, 0.2) is 36.4 Å². The van der Waals surface area contributed by atoms with Crippen LogP contribution in [0.25, 0.3) is 10.4 Å². The highest BCUT2D eigenvalue weighted by atomic mass is 32.1. The van der Waals surface area contributed by atoms with Gasteiger partial charge in [-0.1, -0.05) is 0 Å². The Hall–Kier alpha value is -1.89. The molecular weight excluding hydrogens is 312 g/mol. The Morgan fingerprint density at radius 3 is 2.87 bits per heavy atom. The average Bonchev–Trinajstić information content (AvgIpc) is 3.09. The van der Waals surface area contributed by atoms with Gasteiger partial charge in [0.25, 0.3) is 5.91 Å². The molecule has 1 aromatic heterocycles. The number of morpholine rings is 1. The number of ether oxygens (including phenoxy) is 2. The molecule has 2 aromatic rings. The number of hydrogen-bond donors (Lipinski definition) is 2. The molecule has 122 valence electrons. The fourth-order valence-corrected chi connectivity index (χ4v) is 3.36. The largest absolute Gasteiger partial charge is 0.497 e. The Kier molecular flexibility index (Phi) is 5.27. The summed E-state index contributed by atoms with van der Waals surface area (Å²) in [6.45, 7) is 2.49. The lowest BCUT2D eigenvalue weighted by Crippen LogP contribution is -2.47. The van der Waals surface area contributed by atoms with E-state index in [0.29, 0.717) is 19.7 Å². The van der Waals surface area contributed by atoms with Crippen LogP contribution in [0.1, 0.15) is 4.88 Å². The van der Waals surface area contributed by atoms with Gasteiger partial charge in [-0.2, -0.15) is 0 Å². The first-order chi connectivity index (χ1) is 11.3. The molecule has 1 amide bonds. The van der Waals surface area contributed by atoms with Crippen LogP contribution >= 0.6 is 11.3 Å². The topological polar surface area (TPSA) is 59.6 Å². The third kappa shape index (κ3) is 4.10. The van der Waals surface area contributed by atoms with Crippen LogP contribution in [-0.2, 0) is 16.1 Å². The standard InChI is InChI=1S/C17H20N2O3S/c1-21-13-4-2-12(3-5-13)16-7-6-14(23-16)10-19-17(20)15-11-18-8-9-22-15/h2-7,15,18H,8-11H2,1H3,(H,19,20). The summed E-state index contributed by atoms with van der Waals surface area (Å²) in [5.41, 5.74) is 1.15. The first kappa shape index (κ1) is 16.0. The quantitative estimate of drug-likeness (QED) is 0.880. The summed E-state index contributed by atoms with van der Waals surface area (Å²) in [7, 11) is 1.66. The van der Waals surface area contributed by atoms with Gasteiger partial charge in [0.1, 0.15) is 11.9 Å². The maximum Gasteiger partial charge on any atom is 0.250 e. The molecule has 1 saturated heterocycles. The summed E-state index contributed by atoms with van der Waals surface area (Å²) >= 11 is 1.68. The highest BCUT2D eigenvalue weighted by Crippen LogP contribution is 2.29. The van der Waals surface area contributed by atoms with Crippen molar-refractivity contribution in [2.24, 2.45) is 0 Å². The van der Waals surface area contributed by atoms with Gasteiger partial charge in [0.15, 0.2) is 0 Å². The van der Waals surface area contributed by atoms with E-state index in [9.17, 15) is 4.79 Å². The second-order valence-corrected chi connectivity index (χ2v) is 6.44. The fourth-order valence-electron chi connectivity index (χ4n) is 2.41. The van der Waals surface area contributed by atoms with Crippen molar-refractivity contribution in [2.75, 3.05) is 26.8 Å². The first-order valence-corrected chi connectivity index (χ1v) is 8.41. The number of rotatable bonds is 5. The monoisotopic (exact) mass is 332 g/mol. The zero-order valence-corrected chi connectivity index (χ0v) is 13.8. The second kappa shape index (κ2) is 7.59. The molecule has 1 aromatic carbocycles. The van der Waals surface area contributed by atoms with Gasteiger partial charge in [-0.15, -0.1) is 11.3 Å². The van der Waals surface area contributed by atoms with Crippen LogP contribution in [-0.4, -0.2) is 38.8 Å². The molecule has 1 aliphatic heterocycles. The van der Waals surface area contributed by atoms with Crippen molar-refractivity contribution in [3.05, 3.63) is 41.3 Å². The van der Waals surface area contributed by atoms with E-state index in [-0.39, 0.29) is 12.0 Å². The SMILES string of the molecule is COc1ccc(-c2ccc(CNC(=O)C3CNCCO3)s2)cc1. The predicted molar refractivity (Wildman–Crippen MR) is 90.8 cm³/mol. The molecule has 1 atom stereocenters. The molecule has 23 heavy (non-hydrogen) atoms. The molecule has 1 aliphatic rings. The third-order valence-corrected chi connectivity index (χ3v) is 4.83. The van der Waals surface area contributed by atoms with Crippen molar-refractivity contribution < 1.29 is 14.3 Å². The minimum absolute atomic E-state index is 0.0587. The average molecular weight is 332 g/mol. The van der Waals surface area contributed by atoms with Gasteiger partial charge < -0.3 is 20.1 Å². The molecule has 1 unspecified atom stereocenters. The fraction of sp³-hybridized carbons (Fsp3) is 0.353. The van der Waals surface area contributed by atoms with E-state index < -0.39 is 0 Å². The van der Waals surface area contributed by atoms with Crippen LogP contribution in [0, 0.1) is 0 Å². The molecule has 6 heteroatoms. The number of nitrogens with one attached hydrogen (secondary N) is 2.